The first-order valence-corrected chi connectivity index (χ1v) is 2.66. The molecule has 0 aliphatic carbocycles. The van der Waals surface area contributed by atoms with Crippen LogP contribution in [-0.2, 0) is 4.74 Å². The maximum Gasteiger partial charge on any atom is 0.0726 e. The van der Waals surface area contributed by atoms with Gasteiger partial charge in [0.25, 0.3) is 0 Å². The zero-order valence-corrected chi connectivity index (χ0v) is 5.13. The highest BCUT2D eigenvalue weighted by molar-refractivity contribution is 4.74. The minimum atomic E-state index is 0.0575. The molecule has 0 aromatic rings. The van der Waals surface area contributed by atoms with Crippen molar-refractivity contribution >= 4 is 0 Å². The molecule has 0 bridgehead atoms. The summed E-state index contributed by atoms with van der Waals surface area (Å²) in [6, 6.07) is 0. The maximum absolute atomic E-state index is 8.25. The Balaban J connectivity index is 2.98. The van der Waals surface area contributed by atoms with Crippen LogP contribution in [-0.4, -0.2) is 24.4 Å². The van der Waals surface area contributed by atoms with Crippen LogP contribution in [0.5, 0.6) is 0 Å². The molecule has 0 aromatic heterocycles. The summed E-state index contributed by atoms with van der Waals surface area (Å²) in [5, 5.41) is 8.25. The largest absolute Gasteiger partial charge is 0.394 e. The fraction of sp³-hybridized carbons (Fsp3) is 0.667. The monoisotopic (exact) mass is 116 g/mol. The Kier molecular flexibility index (Phi) is 4.61. The topological polar surface area (TPSA) is 29.5 Å². The van der Waals surface area contributed by atoms with Crippen molar-refractivity contribution in [2.24, 2.45) is 0 Å². The number of ether oxygens (including phenoxy) is 1. The van der Waals surface area contributed by atoms with Crippen LogP contribution >= 0.6 is 0 Å². The van der Waals surface area contributed by atoms with Crippen molar-refractivity contribution in [1.82, 2.24) is 0 Å². The van der Waals surface area contributed by atoms with Crippen LogP contribution in [0.4, 0.5) is 0 Å². The summed E-state index contributed by atoms with van der Waals surface area (Å²) in [6.45, 7) is 5.86. The second kappa shape index (κ2) is 4.81. The van der Waals surface area contributed by atoms with E-state index in [-0.39, 0.29) is 12.7 Å². The maximum atomic E-state index is 8.25. The third-order valence-corrected chi connectivity index (χ3v) is 0.804. The van der Waals surface area contributed by atoms with Crippen LogP contribution in [0.1, 0.15) is 6.92 Å². The molecule has 0 aromatic carbocycles. The average molecular weight is 116 g/mol. The van der Waals surface area contributed by atoms with Gasteiger partial charge >= 0.3 is 0 Å². The molecular formula is C6H12O2. The molecule has 48 valence electrons. The summed E-state index contributed by atoms with van der Waals surface area (Å²) in [7, 11) is 0. The van der Waals surface area contributed by atoms with E-state index in [0.717, 1.165) is 0 Å². The van der Waals surface area contributed by atoms with E-state index in [1.54, 1.807) is 6.08 Å². The Morgan fingerprint density at radius 1 is 1.88 bits per heavy atom. The third kappa shape index (κ3) is 3.84. The molecule has 0 heterocycles. The van der Waals surface area contributed by atoms with Crippen LogP contribution in [0, 0.1) is 0 Å². The van der Waals surface area contributed by atoms with Crippen molar-refractivity contribution in [2.45, 2.75) is 13.0 Å². The second-order valence-corrected chi connectivity index (χ2v) is 1.54. The first-order valence-electron chi connectivity index (χ1n) is 2.66. The van der Waals surface area contributed by atoms with Crippen LogP contribution < -0.4 is 0 Å². The van der Waals surface area contributed by atoms with E-state index in [1.165, 1.54) is 0 Å². The Morgan fingerprint density at radius 3 is 2.88 bits per heavy atom. The van der Waals surface area contributed by atoms with Crippen LogP contribution in [0.25, 0.3) is 0 Å². The molecule has 0 saturated carbocycles. The molecule has 0 amide bonds. The van der Waals surface area contributed by atoms with Crippen LogP contribution in [0.2, 0.25) is 0 Å². The van der Waals surface area contributed by atoms with E-state index >= 15 is 0 Å². The van der Waals surface area contributed by atoms with Crippen molar-refractivity contribution in [2.75, 3.05) is 13.2 Å². The number of hydrogen-bond donors (Lipinski definition) is 1. The van der Waals surface area contributed by atoms with Gasteiger partial charge in [-0.25, -0.2) is 0 Å². The summed E-state index contributed by atoms with van der Waals surface area (Å²) < 4.78 is 4.97. The van der Waals surface area contributed by atoms with Gasteiger partial charge in [-0.05, 0) is 6.92 Å². The normalized spacial score (nSPS) is 13.2. The fourth-order valence-electron chi connectivity index (χ4n) is 0.307. The fourth-order valence-corrected chi connectivity index (χ4v) is 0.307. The molecular weight excluding hydrogens is 104 g/mol. The van der Waals surface area contributed by atoms with Gasteiger partial charge in [-0.15, -0.1) is 6.58 Å². The summed E-state index contributed by atoms with van der Waals surface area (Å²) >= 11 is 0. The molecule has 1 atom stereocenters. The summed E-state index contributed by atoms with van der Waals surface area (Å²) in [4.78, 5) is 0. The molecule has 2 heteroatoms. The number of rotatable bonds is 4. The molecule has 0 saturated heterocycles. The SMILES string of the molecule is C=C[C@@H](C)OCCO. The van der Waals surface area contributed by atoms with Crippen molar-refractivity contribution < 1.29 is 9.84 Å². The lowest BCUT2D eigenvalue weighted by Crippen LogP contribution is -2.07. The van der Waals surface area contributed by atoms with E-state index in [2.05, 4.69) is 6.58 Å². The van der Waals surface area contributed by atoms with Crippen molar-refractivity contribution in [3.63, 3.8) is 0 Å². The molecule has 0 spiro atoms. The van der Waals surface area contributed by atoms with Gasteiger partial charge < -0.3 is 9.84 Å². The Labute approximate surface area is 49.8 Å². The lowest BCUT2D eigenvalue weighted by molar-refractivity contribution is 0.0643. The number of hydrogen-bond acceptors (Lipinski definition) is 2. The molecule has 0 rings (SSSR count). The zero-order chi connectivity index (χ0) is 6.41. The summed E-state index contributed by atoms with van der Waals surface area (Å²) in [5.41, 5.74) is 0. The number of aliphatic hydroxyl groups is 1. The quantitative estimate of drug-likeness (QED) is 0.544. The van der Waals surface area contributed by atoms with E-state index in [0.29, 0.717) is 6.61 Å². The molecule has 1 N–H and O–H groups in total. The van der Waals surface area contributed by atoms with Crippen molar-refractivity contribution in [3.8, 4) is 0 Å². The molecule has 8 heavy (non-hydrogen) atoms. The Hall–Kier alpha value is -0.340. The first kappa shape index (κ1) is 7.66. The minimum absolute atomic E-state index is 0.0575. The lowest BCUT2D eigenvalue weighted by Gasteiger charge is -2.04. The Bertz CT molecular complexity index is 61.5. The van der Waals surface area contributed by atoms with Gasteiger partial charge in [-0.3, -0.25) is 0 Å². The smallest absolute Gasteiger partial charge is 0.0726 e. The number of aliphatic hydroxyl groups excluding tert-OH is 1. The van der Waals surface area contributed by atoms with Gasteiger partial charge in [0.1, 0.15) is 0 Å². The molecule has 0 radical (unpaired) electrons. The van der Waals surface area contributed by atoms with Crippen LogP contribution in [0.15, 0.2) is 12.7 Å². The van der Waals surface area contributed by atoms with E-state index < -0.39 is 0 Å². The average Bonchev–Trinajstić information content (AvgIpc) is 1.83. The van der Waals surface area contributed by atoms with E-state index in [1.807, 2.05) is 6.92 Å². The van der Waals surface area contributed by atoms with E-state index in [9.17, 15) is 0 Å². The highest BCUT2D eigenvalue weighted by atomic mass is 16.5. The standard InChI is InChI=1S/C6H12O2/c1-3-6(2)8-5-4-7/h3,6-7H,1,4-5H2,2H3/t6-/m1/s1. The van der Waals surface area contributed by atoms with Crippen LogP contribution in [0.3, 0.4) is 0 Å². The highest BCUT2D eigenvalue weighted by Crippen LogP contribution is 1.88. The van der Waals surface area contributed by atoms with Gasteiger partial charge in [-0.1, -0.05) is 6.08 Å². The van der Waals surface area contributed by atoms with Gasteiger partial charge in [0.05, 0.1) is 19.3 Å². The summed E-state index contributed by atoms with van der Waals surface area (Å²) in [5.74, 6) is 0. The zero-order valence-electron chi connectivity index (χ0n) is 5.13. The highest BCUT2D eigenvalue weighted by Gasteiger charge is 1.90. The third-order valence-electron chi connectivity index (χ3n) is 0.804. The second-order valence-electron chi connectivity index (χ2n) is 1.54. The molecule has 0 aliphatic rings. The van der Waals surface area contributed by atoms with E-state index in [4.69, 9.17) is 9.84 Å². The molecule has 0 fully saturated rings. The van der Waals surface area contributed by atoms with Gasteiger partial charge in [0.15, 0.2) is 0 Å². The predicted octanol–water partition coefficient (Wildman–Crippen LogP) is 0.570. The lowest BCUT2D eigenvalue weighted by atomic mass is 10.4. The molecule has 2 nitrogen and oxygen atoms in total. The van der Waals surface area contributed by atoms with Crippen molar-refractivity contribution in [3.05, 3.63) is 12.7 Å². The van der Waals surface area contributed by atoms with Gasteiger partial charge in [-0.2, -0.15) is 0 Å². The first-order chi connectivity index (χ1) is 3.81. The molecule has 0 unspecified atom stereocenters. The predicted molar refractivity (Wildman–Crippen MR) is 32.7 cm³/mol. The minimum Gasteiger partial charge on any atom is -0.394 e. The molecule has 0 aliphatic heterocycles. The summed E-state index contributed by atoms with van der Waals surface area (Å²) in [6.07, 6.45) is 1.75. The van der Waals surface area contributed by atoms with Gasteiger partial charge in [0, 0.05) is 0 Å². The van der Waals surface area contributed by atoms with Gasteiger partial charge in [0.2, 0.25) is 0 Å². The Morgan fingerprint density at radius 2 is 2.50 bits per heavy atom. The van der Waals surface area contributed by atoms with Crippen molar-refractivity contribution in [1.29, 1.82) is 0 Å².